The first-order valence-electron chi connectivity index (χ1n) is 5.65. The largest absolute Gasteiger partial charge is 0.339 e. The maximum Gasteiger partial charge on any atom is 0.228 e. The molecule has 0 saturated carbocycles. The van der Waals surface area contributed by atoms with Crippen LogP contribution in [0.25, 0.3) is 0 Å². The van der Waals surface area contributed by atoms with Crippen molar-refractivity contribution in [1.29, 1.82) is 0 Å². The molecule has 14 heavy (non-hydrogen) atoms. The summed E-state index contributed by atoms with van der Waals surface area (Å²) < 4.78 is 0. The fourth-order valence-corrected chi connectivity index (χ4v) is 2.05. The molecule has 1 heterocycles. The van der Waals surface area contributed by atoms with Crippen molar-refractivity contribution in [3.05, 3.63) is 0 Å². The first kappa shape index (κ1) is 11.5. The van der Waals surface area contributed by atoms with Crippen molar-refractivity contribution >= 4 is 5.91 Å². The van der Waals surface area contributed by atoms with Crippen LogP contribution in [0.5, 0.6) is 0 Å². The van der Waals surface area contributed by atoms with Gasteiger partial charge in [0, 0.05) is 18.0 Å². The quantitative estimate of drug-likeness (QED) is 0.584. The van der Waals surface area contributed by atoms with E-state index < -0.39 is 0 Å². The molecule has 1 fully saturated rings. The number of amides is 1. The normalized spacial score (nSPS) is 29.1. The van der Waals surface area contributed by atoms with Crippen molar-refractivity contribution in [2.45, 2.75) is 53.5 Å². The summed E-state index contributed by atoms with van der Waals surface area (Å²) in [6.07, 6.45) is 2.42. The first-order valence-corrected chi connectivity index (χ1v) is 5.65. The van der Waals surface area contributed by atoms with E-state index in [1.807, 2.05) is 20.8 Å². The van der Waals surface area contributed by atoms with E-state index in [-0.39, 0.29) is 5.41 Å². The van der Waals surface area contributed by atoms with E-state index in [2.05, 4.69) is 18.7 Å². The van der Waals surface area contributed by atoms with Gasteiger partial charge in [0.2, 0.25) is 5.91 Å². The first-order chi connectivity index (χ1) is 6.34. The summed E-state index contributed by atoms with van der Waals surface area (Å²) in [7, 11) is 0. The number of hydrogen-bond donors (Lipinski definition) is 0. The minimum atomic E-state index is -0.231. The molecule has 2 nitrogen and oxygen atoms in total. The smallest absolute Gasteiger partial charge is 0.228 e. The molecule has 1 amide bonds. The highest BCUT2D eigenvalue weighted by Crippen LogP contribution is 2.27. The molecule has 1 aliphatic rings. The molecule has 2 heteroatoms. The van der Waals surface area contributed by atoms with Crippen LogP contribution in [0.4, 0.5) is 0 Å². The third-order valence-corrected chi connectivity index (χ3v) is 3.28. The molecule has 82 valence electrons. The lowest BCUT2D eigenvalue weighted by Crippen LogP contribution is -2.50. The molecule has 0 aromatic rings. The number of carbonyl (C=O) groups excluding carboxylic acids is 1. The van der Waals surface area contributed by atoms with Crippen LogP contribution >= 0.6 is 0 Å². The Hall–Kier alpha value is -0.530. The van der Waals surface area contributed by atoms with Gasteiger partial charge in [0.1, 0.15) is 0 Å². The maximum atomic E-state index is 12.1. The van der Waals surface area contributed by atoms with E-state index >= 15 is 0 Å². The summed E-state index contributed by atoms with van der Waals surface area (Å²) in [5, 5.41) is 0. The van der Waals surface area contributed by atoms with Crippen LogP contribution in [0.3, 0.4) is 0 Å². The van der Waals surface area contributed by atoms with Gasteiger partial charge in [0.05, 0.1) is 0 Å². The molecule has 1 rings (SSSR count). The molecule has 0 bridgehead atoms. The van der Waals surface area contributed by atoms with Crippen LogP contribution in [0.15, 0.2) is 0 Å². The lowest BCUT2D eigenvalue weighted by Gasteiger charge is -2.41. The Morgan fingerprint density at radius 2 is 1.86 bits per heavy atom. The number of likely N-dealkylation sites (tertiary alicyclic amines) is 1. The Kier molecular flexibility index (Phi) is 3.23. The van der Waals surface area contributed by atoms with Crippen LogP contribution in [0.1, 0.15) is 47.5 Å². The fraction of sp³-hybridized carbons (Fsp3) is 0.917. The van der Waals surface area contributed by atoms with Gasteiger partial charge in [-0.25, -0.2) is 0 Å². The second kappa shape index (κ2) is 3.92. The van der Waals surface area contributed by atoms with Crippen molar-refractivity contribution in [2.75, 3.05) is 6.54 Å². The highest BCUT2D eigenvalue weighted by molar-refractivity contribution is 5.81. The zero-order chi connectivity index (χ0) is 10.9. The van der Waals surface area contributed by atoms with Crippen molar-refractivity contribution in [2.24, 2.45) is 11.3 Å². The van der Waals surface area contributed by atoms with Crippen molar-refractivity contribution in [1.82, 2.24) is 4.90 Å². The average Bonchev–Trinajstić information content (AvgIpc) is 2.07. The second-order valence-electron chi connectivity index (χ2n) is 5.61. The monoisotopic (exact) mass is 197 g/mol. The van der Waals surface area contributed by atoms with Crippen LogP contribution in [0.2, 0.25) is 0 Å². The standard InChI is InChI=1S/C12H23NO/c1-9-7-6-8-13(10(9)2)11(14)12(3,4)5/h9-10H,6-8H2,1-5H3. The van der Waals surface area contributed by atoms with Gasteiger partial charge in [-0.1, -0.05) is 27.7 Å². The lowest BCUT2D eigenvalue weighted by atomic mass is 9.87. The number of rotatable bonds is 0. The lowest BCUT2D eigenvalue weighted by molar-refractivity contribution is -0.144. The molecule has 2 unspecified atom stereocenters. The van der Waals surface area contributed by atoms with Crippen molar-refractivity contribution < 1.29 is 4.79 Å². The Bertz CT molecular complexity index is 217. The Morgan fingerprint density at radius 1 is 1.29 bits per heavy atom. The molecule has 0 radical (unpaired) electrons. The highest BCUT2D eigenvalue weighted by Gasteiger charge is 2.34. The fourth-order valence-electron chi connectivity index (χ4n) is 2.05. The molecule has 0 aromatic heterocycles. The number of piperidine rings is 1. The van der Waals surface area contributed by atoms with Crippen LogP contribution in [-0.4, -0.2) is 23.4 Å². The average molecular weight is 197 g/mol. The molecule has 1 saturated heterocycles. The van der Waals surface area contributed by atoms with Crippen molar-refractivity contribution in [3.8, 4) is 0 Å². The molecular formula is C12H23NO. The summed E-state index contributed by atoms with van der Waals surface area (Å²) in [4.78, 5) is 14.2. The van der Waals surface area contributed by atoms with E-state index in [9.17, 15) is 4.79 Å². The predicted molar refractivity (Wildman–Crippen MR) is 59.0 cm³/mol. The molecular weight excluding hydrogens is 174 g/mol. The van der Waals surface area contributed by atoms with Crippen LogP contribution in [0, 0.1) is 11.3 Å². The van der Waals surface area contributed by atoms with Crippen LogP contribution in [-0.2, 0) is 4.79 Å². The Balaban J connectivity index is 2.72. The van der Waals surface area contributed by atoms with E-state index in [0.29, 0.717) is 17.9 Å². The molecule has 0 spiro atoms. The third-order valence-electron chi connectivity index (χ3n) is 3.28. The van der Waals surface area contributed by atoms with Crippen molar-refractivity contribution in [3.63, 3.8) is 0 Å². The van der Waals surface area contributed by atoms with E-state index in [0.717, 1.165) is 13.0 Å². The molecule has 2 atom stereocenters. The van der Waals surface area contributed by atoms with Gasteiger partial charge in [0.25, 0.3) is 0 Å². The Labute approximate surface area is 87.7 Å². The molecule has 0 aliphatic carbocycles. The number of nitrogens with zero attached hydrogens (tertiary/aromatic N) is 1. The van der Waals surface area contributed by atoms with Gasteiger partial charge in [-0.2, -0.15) is 0 Å². The van der Waals surface area contributed by atoms with Gasteiger partial charge in [-0.3, -0.25) is 4.79 Å². The van der Waals surface area contributed by atoms with Gasteiger partial charge in [-0.15, -0.1) is 0 Å². The maximum absolute atomic E-state index is 12.1. The SMILES string of the molecule is CC1CCCN(C(=O)C(C)(C)C)C1C. The van der Waals surface area contributed by atoms with Crippen LogP contribution < -0.4 is 0 Å². The molecule has 1 aliphatic heterocycles. The molecule has 0 N–H and O–H groups in total. The summed E-state index contributed by atoms with van der Waals surface area (Å²) >= 11 is 0. The minimum absolute atomic E-state index is 0.231. The van der Waals surface area contributed by atoms with Gasteiger partial charge in [-0.05, 0) is 25.7 Å². The van der Waals surface area contributed by atoms with E-state index in [1.54, 1.807) is 0 Å². The molecule has 0 aromatic carbocycles. The van der Waals surface area contributed by atoms with Gasteiger partial charge < -0.3 is 4.90 Å². The zero-order valence-electron chi connectivity index (χ0n) is 10.1. The highest BCUT2D eigenvalue weighted by atomic mass is 16.2. The van der Waals surface area contributed by atoms with Gasteiger partial charge in [0.15, 0.2) is 0 Å². The van der Waals surface area contributed by atoms with Gasteiger partial charge >= 0.3 is 0 Å². The third kappa shape index (κ3) is 2.28. The van der Waals surface area contributed by atoms with E-state index in [4.69, 9.17) is 0 Å². The summed E-state index contributed by atoms with van der Waals surface area (Å²) in [5.74, 6) is 0.951. The number of hydrogen-bond acceptors (Lipinski definition) is 1. The minimum Gasteiger partial charge on any atom is -0.339 e. The van der Waals surface area contributed by atoms with E-state index in [1.165, 1.54) is 6.42 Å². The summed E-state index contributed by atoms with van der Waals surface area (Å²) in [6, 6.07) is 0.412. The zero-order valence-corrected chi connectivity index (χ0v) is 10.1. The topological polar surface area (TPSA) is 20.3 Å². The summed E-state index contributed by atoms with van der Waals surface area (Å²) in [6.45, 7) is 11.4. The second-order valence-corrected chi connectivity index (χ2v) is 5.61. The summed E-state index contributed by atoms with van der Waals surface area (Å²) in [5.41, 5.74) is -0.231. The number of carbonyl (C=O) groups is 1. The predicted octanol–water partition coefficient (Wildman–Crippen LogP) is 2.68. The Morgan fingerprint density at radius 3 is 2.36 bits per heavy atom.